The molecule has 3 rings (SSSR count). The van der Waals surface area contributed by atoms with Crippen LogP contribution in [0.15, 0.2) is 18.2 Å². The second kappa shape index (κ2) is 6.86. The van der Waals surface area contributed by atoms with E-state index in [4.69, 9.17) is 15.2 Å². The smallest absolute Gasteiger partial charge is 0.407 e. The van der Waals surface area contributed by atoms with Crippen LogP contribution < -0.4 is 20.7 Å². The van der Waals surface area contributed by atoms with E-state index in [1.807, 2.05) is 32.9 Å². The van der Waals surface area contributed by atoms with Crippen LogP contribution in [0.3, 0.4) is 0 Å². The second-order valence-electron chi connectivity index (χ2n) is 7.39. The van der Waals surface area contributed by atoms with E-state index in [-0.39, 0.29) is 6.04 Å². The predicted octanol–water partition coefficient (Wildman–Crippen LogP) is 2.32. The number of nitrogen functional groups attached to an aromatic ring is 1. The number of carbonyl (C=O) groups excluding carboxylic acids is 1. The highest BCUT2D eigenvalue weighted by Crippen LogP contribution is 2.30. The van der Waals surface area contributed by atoms with Crippen molar-refractivity contribution in [2.24, 2.45) is 0 Å². The Bertz CT molecular complexity index is 818. The quantitative estimate of drug-likeness (QED) is 0.811. The first-order valence-corrected chi connectivity index (χ1v) is 8.61. The van der Waals surface area contributed by atoms with Crippen LogP contribution in [0, 0.1) is 0 Å². The SMILES string of the molecule is COc1nc(N2CC[C@@H](NC(=O)OC(C)(C)C)C2)c2ccc(N)cc2n1. The largest absolute Gasteiger partial charge is 0.467 e. The first kappa shape index (κ1) is 18.0. The molecule has 8 heteroatoms. The van der Waals surface area contributed by atoms with Crippen LogP contribution in [0.5, 0.6) is 6.01 Å². The zero-order valence-electron chi connectivity index (χ0n) is 15.6. The molecule has 2 heterocycles. The van der Waals surface area contributed by atoms with E-state index in [0.29, 0.717) is 18.2 Å². The van der Waals surface area contributed by atoms with Gasteiger partial charge >= 0.3 is 12.1 Å². The minimum absolute atomic E-state index is 0.00496. The number of amides is 1. The van der Waals surface area contributed by atoms with E-state index >= 15 is 0 Å². The highest BCUT2D eigenvalue weighted by molar-refractivity contribution is 5.92. The van der Waals surface area contributed by atoms with E-state index in [1.54, 1.807) is 6.07 Å². The fourth-order valence-electron chi connectivity index (χ4n) is 2.99. The summed E-state index contributed by atoms with van der Waals surface area (Å²) in [7, 11) is 1.54. The van der Waals surface area contributed by atoms with Crippen LogP contribution in [0.1, 0.15) is 27.2 Å². The molecule has 0 bridgehead atoms. The molecule has 8 nitrogen and oxygen atoms in total. The van der Waals surface area contributed by atoms with Crippen molar-refractivity contribution in [3.05, 3.63) is 18.2 Å². The number of fused-ring (bicyclic) bond motifs is 1. The zero-order chi connectivity index (χ0) is 18.9. The predicted molar refractivity (Wildman–Crippen MR) is 100 cm³/mol. The summed E-state index contributed by atoms with van der Waals surface area (Å²) in [5, 5.41) is 3.82. The number of rotatable bonds is 3. The van der Waals surface area contributed by atoms with Crippen molar-refractivity contribution < 1.29 is 14.3 Å². The molecule has 2 aromatic rings. The molecule has 1 aromatic carbocycles. The Balaban J connectivity index is 1.79. The van der Waals surface area contributed by atoms with Crippen molar-refractivity contribution in [2.45, 2.75) is 38.8 Å². The van der Waals surface area contributed by atoms with Gasteiger partial charge < -0.3 is 25.4 Å². The average molecular weight is 359 g/mol. The monoisotopic (exact) mass is 359 g/mol. The van der Waals surface area contributed by atoms with Crippen molar-refractivity contribution in [3.63, 3.8) is 0 Å². The lowest BCUT2D eigenvalue weighted by Gasteiger charge is -2.22. The fourth-order valence-corrected chi connectivity index (χ4v) is 2.99. The van der Waals surface area contributed by atoms with Crippen molar-refractivity contribution in [1.82, 2.24) is 15.3 Å². The molecule has 0 spiro atoms. The molecule has 0 saturated carbocycles. The van der Waals surface area contributed by atoms with E-state index < -0.39 is 11.7 Å². The standard InChI is InChI=1S/C18H25N5O3/c1-18(2,3)26-17(24)20-12-7-8-23(10-12)15-13-6-5-11(19)9-14(13)21-16(22-15)25-4/h5-6,9,12H,7-8,10,19H2,1-4H3,(H,20,24)/t12-/m1/s1. The Labute approximate surface area is 152 Å². The first-order chi connectivity index (χ1) is 12.2. The molecule has 0 unspecified atom stereocenters. The maximum absolute atomic E-state index is 12.0. The summed E-state index contributed by atoms with van der Waals surface area (Å²) in [6, 6.07) is 5.83. The molecule has 1 amide bonds. The molecule has 1 saturated heterocycles. The summed E-state index contributed by atoms with van der Waals surface area (Å²) < 4.78 is 10.6. The molecule has 0 radical (unpaired) electrons. The summed E-state index contributed by atoms with van der Waals surface area (Å²) in [4.78, 5) is 23.0. The molecule has 3 N–H and O–H groups in total. The lowest BCUT2D eigenvalue weighted by Crippen LogP contribution is -2.40. The summed E-state index contributed by atoms with van der Waals surface area (Å²) in [5.74, 6) is 0.778. The number of ether oxygens (including phenoxy) is 2. The molecule has 0 aliphatic carbocycles. The Kier molecular flexibility index (Phi) is 4.76. The van der Waals surface area contributed by atoms with Crippen LogP contribution >= 0.6 is 0 Å². The molecule has 140 valence electrons. The van der Waals surface area contributed by atoms with Crippen LogP contribution in [-0.4, -0.2) is 47.9 Å². The normalized spacial score (nSPS) is 17.4. The molecule has 1 atom stereocenters. The van der Waals surface area contributed by atoms with Crippen LogP contribution in [0.25, 0.3) is 10.9 Å². The zero-order valence-corrected chi connectivity index (χ0v) is 15.6. The Morgan fingerprint density at radius 3 is 2.81 bits per heavy atom. The molecule has 1 aliphatic heterocycles. The Morgan fingerprint density at radius 2 is 2.12 bits per heavy atom. The minimum Gasteiger partial charge on any atom is -0.467 e. The summed E-state index contributed by atoms with van der Waals surface area (Å²) in [5.41, 5.74) is 6.72. The third-order valence-electron chi connectivity index (χ3n) is 4.07. The maximum Gasteiger partial charge on any atom is 0.407 e. The summed E-state index contributed by atoms with van der Waals surface area (Å²) >= 11 is 0. The van der Waals surface area contributed by atoms with E-state index in [1.165, 1.54) is 7.11 Å². The van der Waals surface area contributed by atoms with Gasteiger partial charge in [0.05, 0.1) is 18.7 Å². The summed E-state index contributed by atoms with van der Waals surface area (Å²) in [6.45, 7) is 6.94. The number of nitrogens with one attached hydrogen (secondary N) is 1. The van der Waals surface area contributed by atoms with Gasteiger partial charge in [0.1, 0.15) is 11.4 Å². The molecular weight excluding hydrogens is 334 g/mol. The molecule has 1 fully saturated rings. The number of benzene rings is 1. The maximum atomic E-state index is 12.0. The summed E-state index contributed by atoms with van der Waals surface area (Å²) in [6.07, 6.45) is 0.407. The van der Waals surface area contributed by atoms with Crippen molar-refractivity contribution >= 4 is 28.5 Å². The number of methoxy groups -OCH3 is 1. The Hall–Kier alpha value is -2.77. The number of nitrogens with zero attached hydrogens (tertiary/aromatic N) is 3. The number of nitrogens with two attached hydrogens (primary N) is 1. The van der Waals surface area contributed by atoms with Gasteiger partial charge in [-0.25, -0.2) is 4.79 Å². The fraction of sp³-hybridized carbons (Fsp3) is 0.500. The third kappa shape index (κ3) is 4.07. The van der Waals surface area contributed by atoms with Gasteiger partial charge in [-0.3, -0.25) is 0 Å². The lowest BCUT2D eigenvalue weighted by molar-refractivity contribution is 0.0509. The number of anilines is 2. The number of aromatic nitrogens is 2. The van der Waals surface area contributed by atoms with Crippen LogP contribution in [-0.2, 0) is 4.74 Å². The number of carbonyl (C=O) groups is 1. The Morgan fingerprint density at radius 1 is 1.35 bits per heavy atom. The minimum atomic E-state index is -0.515. The highest BCUT2D eigenvalue weighted by atomic mass is 16.6. The molecular formula is C18H25N5O3. The number of hydrogen-bond donors (Lipinski definition) is 2. The average Bonchev–Trinajstić information content (AvgIpc) is 2.99. The molecule has 1 aromatic heterocycles. The topological polar surface area (TPSA) is 103 Å². The van der Waals surface area contributed by atoms with Gasteiger partial charge in [-0.05, 0) is 45.4 Å². The van der Waals surface area contributed by atoms with E-state index in [0.717, 1.165) is 29.7 Å². The lowest BCUT2D eigenvalue weighted by atomic mass is 10.2. The van der Waals surface area contributed by atoms with Gasteiger partial charge in [-0.1, -0.05) is 0 Å². The van der Waals surface area contributed by atoms with Gasteiger partial charge in [0.15, 0.2) is 0 Å². The van der Waals surface area contributed by atoms with Gasteiger partial charge in [0.25, 0.3) is 0 Å². The third-order valence-corrected chi connectivity index (χ3v) is 4.07. The van der Waals surface area contributed by atoms with Gasteiger partial charge in [-0.2, -0.15) is 9.97 Å². The van der Waals surface area contributed by atoms with E-state index in [9.17, 15) is 4.79 Å². The van der Waals surface area contributed by atoms with Crippen molar-refractivity contribution in [2.75, 3.05) is 30.8 Å². The van der Waals surface area contributed by atoms with Gasteiger partial charge in [0.2, 0.25) is 0 Å². The van der Waals surface area contributed by atoms with Crippen molar-refractivity contribution in [3.8, 4) is 6.01 Å². The second-order valence-corrected chi connectivity index (χ2v) is 7.39. The number of alkyl carbamates (subject to hydrolysis) is 1. The van der Waals surface area contributed by atoms with Crippen LogP contribution in [0.4, 0.5) is 16.3 Å². The van der Waals surface area contributed by atoms with Crippen LogP contribution in [0.2, 0.25) is 0 Å². The highest BCUT2D eigenvalue weighted by Gasteiger charge is 2.28. The molecule has 1 aliphatic rings. The van der Waals surface area contributed by atoms with Crippen molar-refractivity contribution in [1.29, 1.82) is 0 Å². The van der Waals surface area contributed by atoms with Gasteiger partial charge in [-0.15, -0.1) is 0 Å². The number of hydrogen-bond acceptors (Lipinski definition) is 7. The molecule has 26 heavy (non-hydrogen) atoms. The van der Waals surface area contributed by atoms with Gasteiger partial charge in [0, 0.05) is 24.2 Å². The van der Waals surface area contributed by atoms with E-state index in [2.05, 4.69) is 20.2 Å². The first-order valence-electron chi connectivity index (χ1n) is 8.61.